The van der Waals surface area contributed by atoms with E-state index in [1.54, 1.807) is 12.1 Å². The van der Waals surface area contributed by atoms with Gasteiger partial charge in [0, 0.05) is 16.3 Å². The highest BCUT2D eigenvalue weighted by Crippen LogP contribution is 2.40. The first-order valence-corrected chi connectivity index (χ1v) is 7.00. The van der Waals surface area contributed by atoms with Gasteiger partial charge in [-0.1, -0.05) is 18.2 Å². The molecule has 0 aromatic heterocycles. The molecule has 0 saturated heterocycles. The normalized spacial score (nSPS) is 17.5. The molecule has 2 N–H and O–H groups in total. The molecule has 92 valence electrons. The molecule has 1 aliphatic rings. The van der Waals surface area contributed by atoms with Crippen LogP contribution in [0, 0.1) is 6.92 Å². The molecule has 0 amide bonds. The Morgan fingerprint density at radius 1 is 1.22 bits per heavy atom. The van der Waals surface area contributed by atoms with Gasteiger partial charge in [-0.25, -0.2) is 0 Å². The third kappa shape index (κ3) is 2.06. The smallest absolute Gasteiger partial charge is 0.115 e. The zero-order valence-corrected chi connectivity index (χ0v) is 11.0. The topological polar surface area (TPSA) is 32.3 Å². The second-order valence-electron chi connectivity index (χ2n) is 4.54. The molecule has 2 aromatic rings. The van der Waals surface area contributed by atoms with Crippen LogP contribution in [0.5, 0.6) is 5.75 Å². The van der Waals surface area contributed by atoms with Crippen molar-refractivity contribution in [3.8, 4) is 5.75 Å². The molecule has 0 fully saturated rings. The van der Waals surface area contributed by atoms with Gasteiger partial charge in [-0.3, -0.25) is 0 Å². The number of benzene rings is 2. The molecule has 1 heterocycles. The minimum Gasteiger partial charge on any atom is -0.508 e. The molecule has 18 heavy (non-hydrogen) atoms. The number of phenols is 1. The van der Waals surface area contributed by atoms with E-state index in [1.165, 1.54) is 10.5 Å². The lowest BCUT2D eigenvalue weighted by Gasteiger charge is -2.16. The summed E-state index contributed by atoms with van der Waals surface area (Å²) in [6.45, 7) is 2.01. The van der Waals surface area contributed by atoms with Gasteiger partial charge in [-0.2, -0.15) is 0 Å². The fourth-order valence-electron chi connectivity index (χ4n) is 2.28. The first-order valence-electron chi connectivity index (χ1n) is 6.02. The van der Waals surface area contributed by atoms with E-state index >= 15 is 0 Å². The Labute approximate surface area is 111 Å². The number of nitrogens with one attached hydrogen (secondary N) is 1. The molecule has 3 heteroatoms. The fraction of sp³-hybridized carbons (Fsp3) is 0.200. The van der Waals surface area contributed by atoms with Crippen molar-refractivity contribution in [1.82, 2.24) is 0 Å². The number of hydrogen-bond acceptors (Lipinski definition) is 3. The molecule has 1 unspecified atom stereocenters. The highest BCUT2D eigenvalue weighted by Gasteiger charge is 2.22. The monoisotopic (exact) mass is 257 g/mol. The lowest BCUT2D eigenvalue weighted by atomic mass is 10.1. The average Bonchev–Trinajstić information content (AvgIpc) is 2.76. The second kappa shape index (κ2) is 4.58. The molecule has 1 atom stereocenters. The van der Waals surface area contributed by atoms with Crippen molar-refractivity contribution in [2.45, 2.75) is 17.9 Å². The maximum Gasteiger partial charge on any atom is 0.115 e. The van der Waals surface area contributed by atoms with Crippen LogP contribution < -0.4 is 5.32 Å². The third-order valence-electron chi connectivity index (χ3n) is 3.24. The molecule has 0 saturated carbocycles. The zero-order valence-electron chi connectivity index (χ0n) is 10.2. The molecular weight excluding hydrogens is 242 g/mol. The SMILES string of the molecule is Cc1cc(O)ccc1NC1CSc2ccccc21. The maximum absolute atomic E-state index is 9.42. The number of aromatic hydroxyl groups is 1. The third-order valence-corrected chi connectivity index (χ3v) is 4.42. The number of anilines is 1. The Morgan fingerprint density at radius 3 is 2.89 bits per heavy atom. The molecule has 3 rings (SSSR count). The summed E-state index contributed by atoms with van der Waals surface area (Å²) in [4.78, 5) is 1.37. The average molecular weight is 257 g/mol. The molecule has 2 nitrogen and oxygen atoms in total. The largest absolute Gasteiger partial charge is 0.508 e. The van der Waals surface area contributed by atoms with E-state index < -0.39 is 0 Å². The first kappa shape index (κ1) is 11.5. The van der Waals surface area contributed by atoms with Gasteiger partial charge in [0.2, 0.25) is 0 Å². The van der Waals surface area contributed by atoms with Crippen molar-refractivity contribution in [3.63, 3.8) is 0 Å². The van der Waals surface area contributed by atoms with Crippen molar-refractivity contribution < 1.29 is 5.11 Å². The molecular formula is C15H15NOS. The van der Waals surface area contributed by atoms with Gasteiger partial charge in [0.15, 0.2) is 0 Å². The summed E-state index contributed by atoms with van der Waals surface area (Å²) >= 11 is 1.89. The maximum atomic E-state index is 9.42. The van der Waals surface area contributed by atoms with E-state index in [9.17, 15) is 5.11 Å². The van der Waals surface area contributed by atoms with Crippen LogP contribution in [0.2, 0.25) is 0 Å². The lowest BCUT2D eigenvalue weighted by molar-refractivity contribution is 0.475. The van der Waals surface area contributed by atoms with Gasteiger partial charge in [-0.05, 0) is 42.3 Å². The van der Waals surface area contributed by atoms with E-state index in [0.29, 0.717) is 11.8 Å². The quantitative estimate of drug-likeness (QED) is 0.799. The van der Waals surface area contributed by atoms with Crippen LogP contribution in [0.4, 0.5) is 5.69 Å². The fourth-order valence-corrected chi connectivity index (χ4v) is 3.44. The highest BCUT2D eigenvalue weighted by atomic mass is 32.2. The summed E-state index contributed by atoms with van der Waals surface area (Å²) in [5, 5.41) is 13.0. The Kier molecular flexibility index (Phi) is 2.92. The predicted octanol–water partition coefficient (Wildman–Crippen LogP) is 3.96. The van der Waals surface area contributed by atoms with Crippen LogP contribution in [0.25, 0.3) is 0 Å². The van der Waals surface area contributed by atoms with Crippen molar-refractivity contribution >= 4 is 17.4 Å². The van der Waals surface area contributed by atoms with E-state index in [2.05, 4.69) is 29.6 Å². The van der Waals surface area contributed by atoms with E-state index in [1.807, 2.05) is 24.8 Å². The number of rotatable bonds is 2. The number of thioether (sulfide) groups is 1. The summed E-state index contributed by atoms with van der Waals surface area (Å²) < 4.78 is 0. The van der Waals surface area contributed by atoms with Crippen LogP contribution in [-0.4, -0.2) is 10.9 Å². The van der Waals surface area contributed by atoms with E-state index in [0.717, 1.165) is 17.0 Å². The van der Waals surface area contributed by atoms with Crippen molar-refractivity contribution in [3.05, 3.63) is 53.6 Å². The number of phenolic OH excluding ortho intramolecular Hbond substituents is 1. The van der Waals surface area contributed by atoms with Gasteiger partial charge in [0.05, 0.1) is 6.04 Å². The second-order valence-corrected chi connectivity index (χ2v) is 5.61. The molecule has 0 spiro atoms. The Hall–Kier alpha value is -1.61. The van der Waals surface area contributed by atoms with Gasteiger partial charge in [-0.15, -0.1) is 11.8 Å². The molecule has 1 aliphatic heterocycles. The predicted molar refractivity (Wildman–Crippen MR) is 76.4 cm³/mol. The van der Waals surface area contributed by atoms with Gasteiger partial charge in [0.1, 0.15) is 5.75 Å². The van der Waals surface area contributed by atoms with E-state index in [4.69, 9.17) is 0 Å². The minimum atomic E-state index is 0.319. The lowest BCUT2D eigenvalue weighted by Crippen LogP contribution is -2.10. The van der Waals surface area contributed by atoms with Gasteiger partial charge >= 0.3 is 0 Å². The zero-order chi connectivity index (χ0) is 12.5. The summed E-state index contributed by atoms with van der Waals surface area (Å²) in [6, 6.07) is 14.3. The van der Waals surface area contributed by atoms with Crippen molar-refractivity contribution in [2.75, 3.05) is 11.1 Å². The minimum absolute atomic E-state index is 0.319. The Morgan fingerprint density at radius 2 is 2.06 bits per heavy atom. The Bertz CT molecular complexity index is 582. The number of aryl methyl sites for hydroxylation is 1. The summed E-state index contributed by atoms with van der Waals surface area (Å²) in [7, 11) is 0. The highest BCUT2D eigenvalue weighted by molar-refractivity contribution is 7.99. The van der Waals surface area contributed by atoms with Crippen molar-refractivity contribution in [2.24, 2.45) is 0 Å². The van der Waals surface area contributed by atoms with E-state index in [-0.39, 0.29) is 0 Å². The van der Waals surface area contributed by atoms with Crippen LogP contribution in [0.15, 0.2) is 47.4 Å². The summed E-state index contributed by atoms with van der Waals surface area (Å²) in [5.41, 5.74) is 3.54. The van der Waals surface area contributed by atoms with Crippen LogP contribution >= 0.6 is 11.8 Å². The summed E-state index contributed by atoms with van der Waals surface area (Å²) in [5.74, 6) is 1.37. The molecule has 0 radical (unpaired) electrons. The van der Waals surface area contributed by atoms with Crippen molar-refractivity contribution in [1.29, 1.82) is 0 Å². The Balaban J connectivity index is 1.86. The van der Waals surface area contributed by atoms with Gasteiger partial charge in [0.25, 0.3) is 0 Å². The molecule has 2 aromatic carbocycles. The molecule has 0 bridgehead atoms. The van der Waals surface area contributed by atoms with Crippen LogP contribution in [0.1, 0.15) is 17.2 Å². The van der Waals surface area contributed by atoms with Crippen LogP contribution in [-0.2, 0) is 0 Å². The molecule has 0 aliphatic carbocycles. The van der Waals surface area contributed by atoms with Crippen LogP contribution in [0.3, 0.4) is 0 Å². The number of fused-ring (bicyclic) bond motifs is 1. The number of hydrogen-bond donors (Lipinski definition) is 2. The standard InChI is InChI=1S/C15H15NOS/c1-10-8-11(17)6-7-13(10)16-14-9-18-15-5-3-2-4-12(14)15/h2-8,14,16-17H,9H2,1H3. The first-order chi connectivity index (χ1) is 8.74. The van der Waals surface area contributed by atoms with Gasteiger partial charge < -0.3 is 10.4 Å². The summed E-state index contributed by atoms with van der Waals surface area (Å²) in [6.07, 6.45) is 0.